The largest absolute Gasteiger partial charge is 0.394 e. The van der Waals surface area contributed by atoms with Crippen molar-refractivity contribution in [3.05, 3.63) is 35.9 Å². The zero-order valence-electron chi connectivity index (χ0n) is 11.4. The van der Waals surface area contributed by atoms with Gasteiger partial charge in [0.05, 0.1) is 12.1 Å². The van der Waals surface area contributed by atoms with E-state index in [4.69, 9.17) is 0 Å². The Morgan fingerprint density at radius 1 is 1.33 bits per heavy atom. The van der Waals surface area contributed by atoms with Crippen molar-refractivity contribution in [3.63, 3.8) is 0 Å². The van der Waals surface area contributed by atoms with Crippen molar-refractivity contribution < 1.29 is 5.11 Å². The summed E-state index contributed by atoms with van der Waals surface area (Å²) >= 11 is 0. The molecule has 0 spiro atoms. The maximum atomic E-state index is 9.82. The van der Waals surface area contributed by atoms with E-state index in [9.17, 15) is 5.11 Å². The van der Waals surface area contributed by atoms with Crippen LogP contribution >= 0.6 is 0 Å². The van der Waals surface area contributed by atoms with Crippen LogP contribution in [0.4, 0.5) is 0 Å². The molecule has 3 heteroatoms. The Morgan fingerprint density at radius 2 is 2.00 bits per heavy atom. The van der Waals surface area contributed by atoms with Crippen LogP contribution in [0.2, 0.25) is 0 Å². The Bertz CT molecular complexity index is 358. The predicted molar refractivity (Wildman–Crippen MR) is 74.5 cm³/mol. The van der Waals surface area contributed by atoms with E-state index in [1.54, 1.807) is 0 Å². The number of nitrogens with one attached hydrogen (secondary N) is 1. The van der Waals surface area contributed by atoms with Gasteiger partial charge in [0.15, 0.2) is 0 Å². The van der Waals surface area contributed by atoms with E-state index in [2.05, 4.69) is 29.4 Å². The number of likely N-dealkylation sites (N-methyl/N-ethyl adjacent to an activating group) is 1. The summed E-state index contributed by atoms with van der Waals surface area (Å²) in [5.74, 6) is 0. The second-order valence-electron chi connectivity index (χ2n) is 5.32. The molecule has 2 rings (SSSR count). The van der Waals surface area contributed by atoms with Gasteiger partial charge in [-0.3, -0.25) is 0 Å². The number of aliphatic hydroxyl groups is 1. The molecule has 0 bridgehead atoms. The zero-order valence-corrected chi connectivity index (χ0v) is 11.4. The summed E-state index contributed by atoms with van der Waals surface area (Å²) in [7, 11) is 4.11. The highest BCUT2D eigenvalue weighted by Crippen LogP contribution is 2.29. The van der Waals surface area contributed by atoms with Gasteiger partial charge in [-0.05, 0) is 38.9 Å². The summed E-state index contributed by atoms with van der Waals surface area (Å²) in [5.41, 5.74) is 0.851. The van der Waals surface area contributed by atoms with Gasteiger partial charge in [-0.15, -0.1) is 0 Å². The lowest BCUT2D eigenvalue weighted by Gasteiger charge is -2.34. The molecule has 1 aromatic rings. The zero-order chi connectivity index (χ0) is 13.0. The van der Waals surface area contributed by atoms with Crippen molar-refractivity contribution in [2.75, 3.05) is 27.2 Å². The average molecular weight is 248 g/mol. The minimum atomic E-state index is -0.315. The molecule has 0 saturated heterocycles. The predicted octanol–water partition coefficient (Wildman–Crippen LogP) is 1.58. The molecule has 1 aliphatic rings. The number of benzene rings is 1. The quantitative estimate of drug-likeness (QED) is 0.769. The molecule has 1 aliphatic carbocycles. The van der Waals surface area contributed by atoms with E-state index in [0.29, 0.717) is 0 Å². The molecule has 1 fully saturated rings. The minimum absolute atomic E-state index is 0.131. The summed E-state index contributed by atoms with van der Waals surface area (Å²) in [5, 5.41) is 13.1. The third-order valence-corrected chi connectivity index (χ3v) is 4.14. The maximum absolute atomic E-state index is 9.82. The highest BCUT2D eigenvalue weighted by atomic mass is 16.3. The normalized spacial score (nSPS) is 18.9. The first-order valence-electron chi connectivity index (χ1n) is 6.77. The Labute approximate surface area is 110 Å². The minimum Gasteiger partial charge on any atom is -0.394 e. The topological polar surface area (TPSA) is 35.5 Å². The molecular weight excluding hydrogens is 224 g/mol. The van der Waals surface area contributed by atoms with Crippen molar-refractivity contribution in [3.8, 4) is 0 Å². The fourth-order valence-electron chi connectivity index (χ4n) is 2.49. The monoisotopic (exact) mass is 248 g/mol. The Morgan fingerprint density at radius 3 is 2.50 bits per heavy atom. The third kappa shape index (κ3) is 2.91. The number of hydrogen-bond acceptors (Lipinski definition) is 3. The molecule has 1 aromatic carbocycles. The SMILES string of the molecule is CNC(CO)(CCN(C)C1CC1)c1ccccc1. The molecule has 0 amide bonds. The number of rotatable bonds is 7. The number of hydrogen-bond donors (Lipinski definition) is 2. The van der Waals surface area contributed by atoms with Gasteiger partial charge < -0.3 is 15.3 Å². The lowest BCUT2D eigenvalue weighted by atomic mass is 9.87. The number of nitrogens with zero attached hydrogens (tertiary/aromatic N) is 1. The van der Waals surface area contributed by atoms with Gasteiger partial charge in [-0.25, -0.2) is 0 Å². The molecule has 3 nitrogen and oxygen atoms in total. The van der Waals surface area contributed by atoms with Gasteiger partial charge in [0, 0.05) is 12.6 Å². The highest BCUT2D eigenvalue weighted by Gasteiger charge is 2.32. The molecule has 100 valence electrons. The first-order chi connectivity index (χ1) is 8.72. The van der Waals surface area contributed by atoms with E-state index in [1.165, 1.54) is 18.4 Å². The molecule has 0 aliphatic heterocycles. The lowest BCUT2D eigenvalue weighted by molar-refractivity contribution is 0.143. The Balaban J connectivity index is 2.05. The summed E-state index contributed by atoms with van der Waals surface area (Å²) in [6.45, 7) is 1.15. The smallest absolute Gasteiger partial charge is 0.0678 e. The van der Waals surface area contributed by atoms with Gasteiger partial charge >= 0.3 is 0 Å². The van der Waals surface area contributed by atoms with E-state index in [1.807, 2.05) is 25.2 Å². The second-order valence-corrected chi connectivity index (χ2v) is 5.32. The van der Waals surface area contributed by atoms with Crippen LogP contribution in [-0.4, -0.2) is 43.3 Å². The van der Waals surface area contributed by atoms with Crippen molar-refractivity contribution in [1.82, 2.24) is 10.2 Å². The van der Waals surface area contributed by atoms with Gasteiger partial charge in [0.1, 0.15) is 0 Å². The molecule has 0 radical (unpaired) electrons. The van der Waals surface area contributed by atoms with Gasteiger partial charge in [0.2, 0.25) is 0 Å². The van der Waals surface area contributed by atoms with Crippen LogP contribution in [0.15, 0.2) is 30.3 Å². The molecule has 18 heavy (non-hydrogen) atoms. The summed E-state index contributed by atoms with van der Waals surface area (Å²) < 4.78 is 0. The van der Waals surface area contributed by atoms with Gasteiger partial charge in [-0.2, -0.15) is 0 Å². The summed E-state index contributed by atoms with van der Waals surface area (Å²) in [6.07, 6.45) is 3.58. The van der Waals surface area contributed by atoms with Crippen LogP contribution in [-0.2, 0) is 5.54 Å². The fraction of sp³-hybridized carbons (Fsp3) is 0.600. The van der Waals surface area contributed by atoms with Crippen LogP contribution in [0.1, 0.15) is 24.8 Å². The molecule has 1 atom stereocenters. The average Bonchev–Trinajstić information content (AvgIpc) is 3.26. The van der Waals surface area contributed by atoms with Crippen LogP contribution in [0, 0.1) is 0 Å². The summed E-state index contributed by atoms with van der Waals surface area (Å²) in [6, 6.07) is 11.0. The number of aliphatic hydroxyl groups excluding tert-OH is 1. The van der Waals surface area contributed by atoms with Crippen molar-refractivity contribution in [2.45, 2.75) is 30.8 Å². The Kier molecular flexibility index (Phi) is 4.38. The van der Waals surface area contributed by atoms with Crippen LogP contribution in [0.5, 0.6) is 0 Å². The lowest BCUT2D eigenvalue weighted by Crippen LogP contribution is -2.46. The van der Waals surface area contributed by atoms with E-state index >= 15 is 0 Å². The molecular formula is C15H24N2O. The highest BCUT2D eigenvalue weighted by molar-refractivity contribution is 5.24. The van der Waals surface area contributed by atoms with Crippen molar-refractivity contribution in [1.29, 1.82) is 0 Å². The molecule has 0 heterocycles. The fourth-order valence-corrected chi connectivity index (χ4v) is 2.49. The van der Waals surface area contributed by atoms with E-state index < -0.39 is 0 Å². The molecule has 1 unspecified atom stereocenters. The van der Waals surface area contributed by atoms with Crippen LogP contribution in [0.25, 0.3) is 0 Å². The molecule has 1 saturated carbocycles. The summed E-state index contributed by atoms with van der Waals surface area (Å²) in [4.78, 5) is 2.41. The molecule has 2 N–H and O–H groups in total. The second kappa shape index (κ2) is 5.83. The molecule has 0 aromatic heterocycles. The third-order valence-electron chi connectivity index (χ3n) is 4.14. The Hall–Kier alpha value is -0.900. The first-order valence-corrected chi connectivity index (χ1v) is 6.77. The van der Waals surface area contributed by atoms with Crippen molar-refractivity contribution >= 4 is 0 Å². The first kappa shape index (κ1) is 13.5. The maximum Gasteiger partial charge on any atom is 0.0678 e. The van der Waals surface area contributed by atoms with Crippen molar-refractivity contribution in [2.24, 2.45) is 0 Å². The standard InChI is InChI=1S/C15H24N2O/c1-16-15(12-18,13-6-4-3-5-7-13)10-11-17(2)14-8-9-14/h3-7,14,16,18H,8-12H2,1-2H3. The van der Waals surface area contributed by atoms with Crippen LogP contribution in [0.3, 0.4) is 0 Å². The van der Waals surface area contributed by atoms with Gasteiger partial charge in [-0.1, -0.05) is 30.3 Å². The van der Waals surface area contributed by atoms with Gasteiger partial charge in [0.25, 0.3) is 0 Å². The van der Waals surface area contributed by atoms with E-state index in [-0.39, 0.29) is 12.1 Å². The van der Waals surface area contributed by atoms with E-state index in [0.717, 1.165) is 19.0 Å². The van der Waals surface area contributed by atoms with Crippen LogP contribution < -0.4 is 5.32 Å².